The monoisotopic (exact) mass is 325 g/mol. The van der Waals surface area contributed by atoms with Gasteiger partial charge in [0.05, 0.1) is 24.3 Å². The number of hydrogen-bond donors (Lipinski definition) is 4. The number of nitrogens with two attached hydrogens (primary N) is 1. The van der Waals surface area contributed by atoms with Gasteiger partial charge in [0.25, 0.3) is 0 Å². The van der Waals surface area contributed by atoms with E-state index in [-0.39, 0.29) is 12.0 Å². The number of hydrogen-bond acceptors (Lipinski definition) is 7. The molecule has 0 unspecified atom stereocenters. The lowest BCUT2D eigenvalue weighted by Gasteiger charge is -2.15. The summed E-state index contributed by atoms with van der Waals surface area (Å²) in [6, 6.07) is 5.93. The number of nitrogens with one attached hydrogen (secondary N) is 1. The van der Waals surface area contributed by atoms with Crippen molar-refractivity contribution in [2.24, 2.45) is 4.99 Å². The molecule has 7 heteroatoms. The molecule has 7 nitrogen and oxygen atoms in total. The minimum atomic E-state index is -0.700. The summed E-state index contributed by atoms with van der Waals surface area (Å²) in [5.74, 6) is 0.824. The van der Waals surface area contributed by atoms with Gasteiger partial charge in [-0.2, -0.15) is 4.98 Å². The van der Waals surface area contributed by atoms with Crippen molar-refractivity contribution in [1.82, 2.24) is 9.97 Å². The second-order valence-corrected chi connectivity index (χ2v) is 6.29. The maximum absolute atomic E-state index is 9.71. The fraction of sp³-hybridized carbons (Fsp3) is 0.353. The molecule has 2 heterocycles. The highest BCUT2D eigenvalue weighted by molar-refractivity contribution is 5.95. The van der Waals surface area contributed by atoms with Crippen molar-refractivity contribution in [1.29, 1.82) is 0 Å². The normalized spacial score (nSPS) is 23.8. The van der Waals surface area contributed by atoms with E-state index < -0.39 is 12.2 Å². The van der Waals surface area contributed by atoms with Gasteiger partial charge in [0.2, 0.25) is 5.95 Å². The van der Waals surface area contributed by atoms with Gasteiger partial charge in [-0.25, -0.2) is 4.98 Å². The van der Waals surface area contributed by atoms with Crippen LogP contribution in [0.5, 0.6) is 0 Å². The third kappa shape index (κ3) is 2.72. The van der Waals surface area contributed by atoms with E-state index in [9.17, 15) is 10.2 Å². The fourth-order valence-corrected chi connectivity index (χ4v) is 3.30. The number of allylic oxidation sites excluding steroid dienone is 1. The first-order chi connectivity index (χ1) is 11.6. The Bertz CT molecular complexity index is 838. The summed E-state index contributed by atoms with van der Waals surface area (Å²) in [7, 11) is 0. The molecule has 2 aliphatic rings. The Morgan fingerprint density at radius 3 is 2.62 bits per heavy atom. The predicted octanol–water partition coefficient (Wildman–Crippen LogP) is 0.976. The maximum Gasteiger partial charge on any atom is 0.222 e. The van der Waals surface area contributed by atoms with E-state index in [4.69, 9.17) is 5.73 Å². The Morgan fingerprint density at radius 1 is 1.12 bits per heavy atom. The number of nitrogen functional groups attached to an aromatic ring is 1. The number of fused-ring (bicyclic) bond motifs is 1. The third-order valence-corrected chi connectivity index (χ3v) is 4.56. The summed E-state index contributed by atoms with van der Waals surface area (Å²) >= 11 is 0. The van der Waals surface area contributed by atoms with Gasteiger partial charge in [-0.05, 0) is 42.2 Å². The van der Waals surface area contributed by atoms with Crippen LogP contribution in [0.1, 0.15) is 18.4 Å². The summed E-state index contributed by atoms with van der Waals surface area (Å²) < 4.78 is 0. The van der Waals surface area contributed by atoms with Crippen LogP contribution in [0.3, 0.4) is 0 Å². The Kier molecular flexibility index (Phi) is 3.66. The predicted molar refractivity (Wildman–Crippen MR) is 93.9 cm³/mol. The molecule has 1 aromatic heterocycles. The standard InChI is InChI=1S/C17H19N5O2/c18-17-21-13-5-9(10-3-4-19-8-10)1-2-12(13)16(22-17)20-11-6-14(23)15(24)7-11/h1-5,11,14-15,23-24H,6-8H2,(H3,18,20,21,22)/t14-,15-/m1/s1. The summed E-state index contributed by atoms with van der Waals surface area (Å²) in [5, 5.41) is 23.6. The SMILES string of the molecule is Nc1nc(NC2C[C@@H](O)[C@H](O)C2)c2ccc(C3=CC=NC3)cc2n1. The topological polar surface area (TPSA) is 117 Å². The van der Waals surface area contributed by atoms with E-state index in [0.29, 0.717) is 25.2 Å². The highest BCUT2D eigenvalue weighted by Crippen LogP contribution is 2.29. The van der Waals surface area contributed by atoms with E-state index in [2.05, 4.69) is 20.3 Å². The number of benzene rings is 1. The van der Waals surface area contributed by atoms with Crippen LogP contribution in [0, 0.1) is 0 Å². The quantitative estimate of drug-likeness (QED) is 0.668. The van der Waals surface area contributed by atoms with Gasteiger partial charge >= 0.3 is 0 Å². The molecule has 24 heavy (non-hydrogen) atoms. The average Bonchev–Trinajstić information content (AvgIpc) is 3.17. The molecule has 0 amide bonds. The van der Waals surface area contributed by atoms with Crippen LogP contribution in [0.25, 0.3) is 16.5 Å². The van der Waals surface area contributed by atoms with E-state index in [1.807, 2.05) is 24.3 Å². The minimum Gasteiger partial charge on any atom is -0.390 e. The molecule has 1 aliphatic carbocycles. The van der Waals surface area contributed by atoms with Crippen molar-refractivity contribution < 1.29 is 10.2 Å². The van der Waals surface area contributed by atoms with Crippen LogP contribution in [-0.2, 0) is 0 Å². The van der Waals surface area contributed by atoms with Gasteiger partial charge in [-0.3, -0.25) is 4.99 Å². The lowest BCUT2D eigenvalue weighted by Crippen LogP contribution is -2.18. The lowest BCUT2D eigenvalue weighted by atomic mass is 10.0. The molecule has 1 aliphatic heterocycles. The average molecular weight is 325 g/mol. The first-order valence-corrected chi connectivity index (χ1v) is 7.99. The van der Waals surface area contributed by atoms with Gasteiger partial charge in [-0.1, -0.05) is 6.07 Å². The molecular formula is C17H19N5O2. The van der Waals surface area contributed by atoms with Crippen molar-refractivity contribution in [3.8, 4) is 0 Å². The smallest absolute Gasteiger partial charge is 0.222 e. The number of aliphatic hydroxyl groups is 2. The number of aliphatic imine (C=N–C) groups is 1. The molecule has 1 saturated carbocycles. The second-order valence-electron chi connectivity index (χ2n) is 6.29. The van der Waals surface area contributed by atoms with Crippen LogP contribution in [0.4, 0.5) is 11.8 Å². The minimum absolute atomic E-state index is 0.0434. The van der Waals surface area contributed by atoms with Gasteiger partial charge in [0.1, 0.15) is 5.82 Å². The number of anilines is 2. The van der Waals surface area contributed by atoms with Crippen LogP contribution in [-0.4, -0.2) is 51.2 Å². The van der Waals surface area contributed by atoms with Gasteiger partial charge < -0.3 is 21.3 Å². The zero-order valence-corrected chi connectivity index (χ0v) is 13.1. The van der Waals surface area contributed by atoms with E-state index in [1.165, 1.54) is 0 Å². The summed E-state index contributed by atoms with van der Waals surface area (Å²) in [6.45, 7) is 0.676. The molecule has 2 aromatic rings. The van der Waals surface area contributed by atoms with Crippen molar-refractivity contribution in [3.63, 3.8) is 0 Å². The molecule has 1 fully saturated rings. The van der Waals surface area contributed by atoms with E-state index in [1.54, 1.807) is 6.21 Å². The molecule has 0 bridgehead atoms. The van der Waals surface area contributed by atoms with Gasteiger partial charge in [0, 0.05) is 17.6 Å². The van der Waals surface area contributed by atoms with Crippen molar-refractivity contribution in [3.05, 3.63) is 29.8 Å². The first kappa shape index (κ1) is 15.0. The molecule has 0 spiro atoms. The Hall–Kier alpha value is -2.51. The van der Waals surface area contributed by atoms with Crippen LogP contribution >= 0.6 is 0 Å². The summed E-state index contributed by atoms with van der Waals surface area (Å²) in [4.78, 5) is 12.8. The summed E-state index contributed by atoms with van der Waals surface area (Å²) in [6.07, 6.45) is 3.36. The Morgan fingerprint density at radius 2 is 1.92 bits per heavy atom. The van der Waals surface area contributed by atoms with Crippen LogP contribution < -0.4 is 11.1 Å². The number of rotatable bonds is 3. The van der Waals surface area contributed by atoms with Gasteiger partial charge in [0.15, 0.2) is 0 Å². The van der Waals surface area contributed by atoms with Crippen LogP contribution in [0.2, 0.25) is 0 Å². The molecule has 4 rings (SSSR count). The molecular weight excluding hydrogens is 306 g/mol. The van der Waals surface area contributed by atoms with Crippen molar-refractivity contribution in [2.75, 3.05) is 17.6 Å². The second kappa shape index (κ2) is 5.85. The van der Waals surface area contributed by atoms with E-state index in [0.717, 1.165) is 22.0 Å². The Labute approximate surface area is 139 Å². The summed E-state index contributed by atoms with van der Waals surface area (Å²) in [5.41, 5.74) is 8.83. The molecule has 0 radical (unpaired) electrons. The van der Waals surface area contributed by atoms with Crippen molar-refractivity contribution in [2.45, 2.75) is 31.1 Å². The zero-order valence-electron chi connectivity index (χ0n) is 13.1. The molecule has 1 aromatic carbocycles. The van der Waals surface area contributed by atoms with Gasteiger partial charge in [-0.15, -0.1) is 0 Å². The highest BCUT2D eigenvalue weighted by Gasteiger charge is 2.31. The van der Waals surface area contributed by atoms with Crippen LogP contribution in [0.15, 0.2) is 29.3 Å². The highest BCUT2D eigenvalue weighted by atomic mass is 16.3. The third-order valence-electron chi connectivity index (χ3n) is 4.56. The zero-order chi connectivity index (χ0) is 16.7. The van der Waals surface area contributed by atoms with Crippen molar-refractivity contribution >= 4 is 34.5 Å². The molecule has 5 N–H and O–H groups in total. The first-order valence-electron chi connectivity index (χ1n) is 7.99. The maximum atomic E-state index is 9.71. The van der Waals surface area contributed by atoms with E-state index >= 15 is 0 Å². The number of aromatic nitrogens is 2. The largest absolute Gasteiger partial charge is 0.390 e. The molecule has 2 atom stereocenters. The lowest BCUT2D eigenvalue weighted by molar-refractivity contribution is 0.0438. The Balaban J connectivity index is 1.68. The number of aliphatic hydroxyl groups excluding tert-OH is 2. The molecule has 0 saturated heterocycles. The number of nitrogens with zero attached hydrogens (tertiary/aromatic N) is 3. The fourth-order valence-electron chi connectivity index (χ4n) is 3.30. The molecule has 124 valence electrons.